The Morgan fingerprint density at radius 1 is 0.838 bits per heavy atom. The Labute approximate surface area is 213 Å². The first-order chi connectivity index (χ1) is 18.0. The van der Waals surface area contributed by atoms with Gasteiger partial charge in [0.25, 0.3) is 17.7 Å². The van der Waals surface area contributed by atoms with Crippen LogP contribution < -0.4 is 10.2 Å². The number of carbonyl (C=O) groups excluding carboxylic acids is 4. The molecule has 188 valence electrons. The summed E-state index contributed by atoms with van der Waals surface area (Å²) in [6.45, 7) is 3.65. The van der Waals surface area contributed by atoms with E-state index in [4.69, 9.17) is 9.47 Å². The normalized spacial score (nSPS) is 15.4. The fraction of sp³-hybridized carbons (Fsp3) is 0.214. The second kappa shape index (κ2) is 10.7. The van der Waals surface area contributed by atoms with Gasteiger partial charge < -0.3 is 14.8 Å². The molecule has 0 unspecified atom stereocenters. The van der Waals surface area contributed by atoms with Gasteiger partial charge in [-0.3, -0.25) is 19.3 Å². The molecule has 3 amide bonds. The van der Waals surface area contributed by atoms with Crippen LogP contribution in [0.2, 0.25) is 0 Å². The fourth-order valence-corrected chi connectivity index (χ4v) is 4.29. The van der Waals surface area contributed by atoms with Gasteiger partial charge in [0.05, 0.1) is 35.6 Å². The lowest BCUT2D eigenvalue weighted by atomic mass is 10.1. The molecule has 0 atom stereocenters. The zero-order chi connectivity index (χ0) is 25.8. The van der Waals surface area contributed by atoms with Crippen molar-refractivity contribution >= 4 is 35.1 Å². The van der Waals surface area contributed by atoms with Gasteiger partial charge in [0, 0.05) is 25.3 Å². The Hall–Kier alpha value is -4.34. The van der Waals surface area contributed by atoms with Gasteiger partial charge in [-0.05, 0) is 54.1 Å². The van der Waals surface area contributed by atoms with Crippen molar-refractivity contribution < 1.29 is 28.7 Å². The summed E-state index contributed by atoms with van der Waals surface area (Å²) in [6.07, 6.45) is 0. The second-order valence-electron chi connectivity index (χ2n) is 8.75. The Bertz CT molecular complexity index is 1300. The van der Waals surface area contributed by atoms with Crippen molar-refractivity contribution in [1.29, 1.82) is 0 Å². The standard InChI is InChI=1S/C28H25N3O6/c32-25(29-21-9-5-19(6-10-21)17-30-13-15-36-16-14-30)18-37-28(35)20-7-11-22(12-8-20)31-26(33)23-3-1-2-4-24(23)27(31)34/h1-12H,13-18H2,(H,29,32). The molecule has 2 aliphatic rings. The first-order valence-corrected chi connectivity index (χ1v) is 11.9. The van der Waals surface area contributed by atoms with Gasteiger partial charge >= 0.3 is 5.97 Å². The lowest BCUT2D eigenvalue weighted by Crippen LogP contribution is -2.35. The number of amides is 3. The summed E-state index contributed by atoms with van der Waals surface area (Å²) in [4.78, 5) is 53.3. The molecule has 1 saturated heterocycles. The van der Waals surface area contributed by atoms with Crippen LogP contribution in [0.3, 0.4) is 0 Å². The van der Waals surface area contributed by atoms with E-state index in [0.29, 0.717) is 22.5 Å². The van der Waals surface area contributed by atoms with Gasteiger partial charge in [-0.1, -0.05) is 24.3 Å². The van der Waals surface area contributed by atoms with Crippen LogP contribution >= 0.6 is 0 Å². The summed E-state index contributed by atoms with van der Waals surface area (Å²) in [7, 11) is 0. The van der Waals surface area contributed by atoms with Crippen molar-refractivity contribution in [3.05, 3.63) is 95.1 Å². The third-order valence-corrected chi connectivity index (χ3v) is 6.24. The van der Waals surface area contributed by atoms with Gasteiger partial charge in [0.15, 0.2) is 6.61 Å². The summed E-state index contributed by atoms with van der Waals surface area (Å²) in [5, 5.41) is 2.71. The smallest absolute Gasteiger partial charge is 0.338 e. The van der Waals surface area contributed by atoms with Crippen molar-refractivity contribution in [1.82, 2.24) is 4.90 Å². The van der Waals surface area contributed by atoms with Crippen LogP contribution in [0, 0.1) is 0 Å². The van der Waals surface area contributed by atoms with Gasteiger partial charge in [-0.25, -0.2) is 9.69 Å². The van der Waals surface area contributed by atoms with Crippen LogP contribution in [0.5, 0.6) is 0 Å². The highest BCUT2D eigenvalue weighted by atomic mass is 16.5. The zero-order valence-electron chi connectivity index (χ0n) is 20.0. The van der Waals surface area contributed by atoms with Crippen LogP contribution in [0.4, 0.5) is 11.4 Å². The molecule has 1 fully saturated rings. The number of imide groups is 1. The van der Waals surface area contributed by atoms with E-state index in [9.17, 15) is 19.2 Å². The largest absolute Gasteiger partial charge is 0.452 e. The Morgan fingerprint density at radius 3 is 2.08 bits per heavy atom. The average Bonchev–Trinajstić information content (AvgIpc) is 3.19. The third kappa shape index (κ3) is 5.42. The molecule has 0 saturated carbocycles. The molecule has 2 heterocycles. The van der Waals surface area contributed by atoms with Crippen LogP contribution in [0.15, 0.2) is 72.8 Å². The highest BCUT2D eigenvalue weighted by Gasteiger charge is 2.36. The van der Waals surface area contributed by atoms with E-state index >= 15 is 0 Å². The number of esters is 1. The molecule has 2 aliphatic heterocycles. The lowest BCUT2D eigenvalue weighted by Gasteiger charge is -2.26. The lowest BCUT2D eigenvalue weighted by molar-refractivity contribution is -0.119. The molecular formula is C28H25N3O6. The molecule has 5 rings (SSSR count). The van der Waals surface area contributed by atoms with E-state index in [-0.39, 0.29) is 5.56 Å². The number of nitrogens with zero attached hydrogens (tertiary/aromatic N) is 2. The van der Waals surface area contributed by atoms with E-state index in [1.165, 1.54) is 24.3 Å². The fourth-order valence-electron chi connectivity index (χ4n) is 4.29. The molecule has 3 aromatic carbocycles. The monoisotopic (exact) mass is 499 g/mol. The molecule has 0 spiro atoms. The van der Waals surface area contributed by atoms with Crippen molar-refractivity contribution in [2.75, 3.05) is 43.1 Å². The van der Waals surface area contributed by atoms with E-state index in [1.54, 1.807) is 24.3 Å². The van der Waals surface area contributed by atoms with Crippen LogP contribution in [-0.2, 0) is 20.8 Å². The molecule has 9 heteroatoms. The quantitative estimate of drug-likeness (QED) is 0.393. The molecule has 0 aromatic heterocycles. The highest BCUT2D eigenvalue weighted by molar-refractivity contribution is 6.34. The van der Waals surface area contributed by atoms with Crippen LogP contribution in [0.1, 0.15) is 36.6 Å². The van der Waals surface area contributed by atoms with Crippen LogP contribution in [-0.4, -0.2) is 61.5 Å². The van der Waals surface area contributed by atoms with Crippen molar-refractivity contribution in [3.8, 4) is 0 Å². The number of ether oxygens (including phenoxy) is 2. The number of nitrogens with one attached hydrogen (secondary N) is 1. The Kier molecular flexibility index (Phi) is 7.07. The predicted octanol–water partition coefficient (Wildman–Crippen LogP) is 3.11. The molecule has 9 nitrogen and oxygen atoms in total. The van der Waals surface area contributed by atoms with Crippen molar-refractivity contribution in [3.63, 3.8) is 0 Å². The molecule has 0 bridgehead atoms. The highest BCUT2D eigenvalue weighted by Crippen LogP contribution is 2.28. The maximum absolute atomic E-state index is 12.6. The number of morpholine rings is 1. The molecule has 37 heavy (non-hydrogen) atoms. The summed E-state index contributed by atoms with van der Waals surface area (Å²) in [5.74, 6) is -1.98. The van der Waals surface area contributed by atoms with Gasteiger partial charge in [-0.15, -0.1) is 0 Å². The van der Waals surface area contributed by atoms with E-state index in [2.05, 4.69) is 10.2 Å². The van der Waals surface area contributed by atoms with Crippen molar-refractivity contribution in [2.24, 2.45) is 0 Å². The van der Waals surface area contributed by atoms with Gasteiger partial charge in [0.1, 0.15) is 0 Å². The predicted molar refractivity (Wildman–Crippen MR) is 135 cm³/mol. The summed E-state index contributed by atoms with van der Waals surface area (Å²) < 4.78 is 10.5. The number of hydrogen-bond donors (Lipinski definition) is 1. The average molecular weight is 500 g/mol. The third-order valence-electron chi connectivity index (χ3n) is 6.24. The minimum Gasteiger partial charge on any atom is -0.452 e. The van der Waals surface area contributed by atoms with Crippen LogP contribution in [0.25, 0.3) is 0 Å². The summed E-state index contributed by atoms with van der Waals surface area (Å²) in [6, 6.07) is 20.0. The van der Waals surface area contributed by atoms with E-state index in [1.807, 2.05) is 24.3 Å². The molecule has 1 N–H and O–H groups in total. The van der Waals surface area contributed by atoms with Gasteiger partial charge in [0.2, 0.25) is 0 Å². The molecule has 0 radical (unpaired) electrons. The summed E-state index contributed by atoms with van der Waals surface area (Å²) >= 11 is 0. The minimum atomic E-state index is -0.690. The Morgan fingerprint density at radius 2 is 1.46 bits per heavy atom. The maximum Gasteiger partial charge on any atom is 0.338 e. The van der Waals surface area contributed by atoms with E-state index in [0.717, 1.165) is 43.3 Å². The summed E-state index contributed by atoms with van der Waals surface area (Å²) in [5.41, 5.74) is 2.97. The molecular weight excluding hydrogens is 474 g/mol. The maximum atomic E-state index is 12.6. The zero-order valence-corrected chi connectivity index (χ0v) is 20.0. The van der Waals surface area contributed by atoms with E-state index < -0.39 is 30.3 Å². The number of benzene rings is 3. The topological polar surface area (TPSA) is 105 Å². The number of hydrogen-bond acceptors (Lipinski definition) is 7. The minimum absolute atomic E-state index is 0.195. The van der Waals surface area contributed by atoms with Gasteiger partial charge in [-0.2, -0.15) is 0 Å². The molecule has 0 aliphatic carbocycles. The van der Waals surface area contributed by atoms with Crippen molar-refractivity contribution in [2.45, 2.75) is 6.54 Å². The Balaban J connectivity index is 1.12. The number of carbonyl (C=O) groups is 4. The number of anilines is 2. The second-order valence-corrected chi connectivity index (χ2v) is 8.75. The number of rotatable bonds is 7. The molecule has 3 aromatic rings. The number of fused-ring (bicyclic) bond motifs is 1. The first-order valence-electron chi connectivity index (χ1n) is 11.9. The first kappa shape index (κ1) is 24.4. The SMILES string of the molecule is O=C(COC(=O)c1ccc(N2C(=O)c3ccccc3C2=O)cc1)Nc1ccc(CN2CCOCC2)cc1.